The minimum atomic E-state index is -0.0704. The van der Waals surface area contributed by atoms with Gasteiger partial charge in [0.25, 0.3) is 5.56 Å². The van der Waals surface area contributed by atoms with E-state index in [-0.39, 0.29) is 11.7 Å². The van der Waals surface area contributed by atoms with Crippen molar-refractivity contribution >= 4 is 28.2 Å². The summed E-state index contributed by atoms with van der Waals surface area (Å²) in [4.78, 5) is 17.9. The van der Waals surface area contributed by atoms with Gasteiger partial charge in [-0.15, -0.1) is 0 Å². The molecule has 162 valence electrons. The van der Waals surface area contributed by atoms with E-state index in [0.29, 0.717) is 30.3 Å². The Labute approximate surface area is 188 Å². The zero-order chi connectivity index (χ0) is 21.8. The van der Waals surface area contributed by atoms with Crippen LogP contribution in [-0.2, 0) is 17.8 Å². The Kier molecular flexibility index (Phi) is 6.68. The van der Waals surface area contributed by atoms with Gasteiger partial charge < -0.3 is 19.9 Å². The molecule has 1 aromatic heterocycles. The van der Waals surface area contributed by atoms with Gasteiger partial charge in [-0.25, -0.2) is 0 Å². The summed E-state index contributed by atoms with van der Waals surface area (Å²) >= 11 is 5.73. The van der Waals surface area contributed by atoms with Crippen LogP contribution >= 0.6 is 12.2 Å². The lowest BCUT2D eigenvalue weighted by molar-refractivity contribution is 0.0896. The maximum atomic E-state index is 12.8. The molecule has 1 atom stereocenters. The first-order valence-corrected chi connectivity index (χ1v) is 11.2. The molecule has 3 aromatic rings. The van der Waals surface area contributed by atoms with Gasteiger partial charge >= 0.3 is 0 Å². The van der Waals surface area contributed by atoms with Gasteiger partial charge in [-0.3, -0.25) is 4.79 Å². The Hall–Kier alpha value is -2.70. The fraction of sp³-hybridized carbons (Fsp3) is 0.360. The first-order valence-electron chi connectivity index (χ1n) is 10.8. The minimum Gasteiger partial charge on any atom is -0.376 e. The third-order valence-corrected chi connectivity index (χ3v) is 6.32. The number of thiocarbonyl (C=S) groups is 1. The van der Waals surface area contributed by atoms with Crippen molar-refractivity contribution in [1.82, 2.24) is 15.2 Å². The number of nitrogens with one attached hydrogen (secondary N) is 2. The molecule has 2 N–H and O–H groups in total. The molecule has 2 heterocycles. The van der Waals surface area contributed by atoms with Gasteiger partial charge in [-0.1, -0.05) is 30.3 Å². The lowest BCUT2D eigenvalue weighted by atomic mass is 10.0. The number of aromatic nitrogens is 1. The highest BCUT2D eigenvalue weighted by Gasteiger charge is 2.22. The van der Waals surface area contributed by atoms with Crippen molar-refractivity contribution in [2.45, 2.75) is 45.9 Å². The van der Waals surface area contributed by atoms with Gasteiger partial charge in [0.2, 0.25) is 0 Å². The number of pyridine rings is 1. The van der Waals surface area contributed by atoms with Crippen LogP contribution in [0.15, 0.2) is 53.3 Å². The first-order chi connectivity index (χ1) is 15.0. The van der Waals surface area contributed by atoms with Gasteiger partial charge in [0.15, 0.2) is 5.11 Å². The second-order valence-electron chi connectivity index (χ2n) is 8.31. The Morgan fingerprint density at radius 1 is 1.19 bits per heavy atom. The van der Waals surface area contributed by atoms with Crippen LogP contribution in [0.25, 0.3) is 10.9 Å². The molecule has 0 bridgehead atoms. The number of benzene rings is 2. The lowest BCUT2D eigenvalue weighted by Gasteiger charge is -2.28. The maximum absolute atomic E-state index is 12.8. The first kappa shape index (κ1) is 21.5. The zero-order valence-electron chi connectivity index (χ0n) is 18.1. The van der Waals surface area contributed by atoms with E-state index in [0.717, 1.165) is 35.9 Å². The van der Waals surface area contributed by atoms with E-state index in [2.05, 4.69) is 47.2 Å². The van der Waals surface area contributed by atoms with Crippen molar-refractivity contribution in [2.24, 2.45) is 0 Å². The van der Waals surface area contributed by atoms with Crippen LogP contribution in [0.1, 0.15) is 35.1 Å². The van der Waals surface area contributed by atoms with Crippen LogP contribution in [-0.4, -0.2) is 34.3 Å². The summed E-state index contributed by atoms with van der Waals surface area (Å²) in [5.74, 6) is 0. The van der Waals surface area contributed by atoms with E-state index in [1.54, 1.807) is 0 Å². The number of ether oxygens (including phenoxy) is 1. The van der Waals surface area contributed by atoms with Gasteiger partial charge in [-0.2, -0.15) is 0 Å². The van der Waals surface area contributed by atoms with E-state index < -0.39 is 0 Å². The number of hydrogen-bond acceptors (Lipinski definition) is 3. The summed E-state index contributed by atoms with van der Waals surface area (Å²) < 4.78 is 5.85. The Morgan fingerprint density at radius 3 is 2.71 bits per heavy atom. The summed E-state index contributed by atoms with van der Waals surface area (Å²) in [6, 6.07) is 16.3. The minimum absolute atomic E-state index is 0.0704. The van der Waals surface area contributed by atoms with Crippen molar-refractivity contribution in [3.63, 3.8) is 0 Å². The molecular weight excluding hydrogens is 406 g/mol. The maximum Gasteiger partial charge on any atom is 0.253 e. The molecule has 0 amide bonds. The molecule has 0 spiro atoms. The Balaban J connectivity index is 1.56. The van der Waals surface area contributed by atoms with E-state index in [4.69, 9.17) is 17.0 Å². The summed E-state index contributed by atoms with van der Waals surface area (Å²) in [7, 11) is 0. The molecule has 0 radical (unpaired) electrons. The Bertz CT molecular complexity index is 1120. The number of H-pyrrole nitrogens is 1. The summed E-state index contributed by atoms with van der Waals surface area (Å²) in [6.45, 7) is 6.70. The number of fused-ring (bicyclic) bond motifs is 1. The molecule has 1 aliphatic heterocycles. The van der Waals surface area contributed by atoms with Gasteiger partial charge in [0.05, 0.1) is 12.6 Å². The van der Waals surface area contributed by atoms with E-state index in [1.165, 1.54) is 11.1 Å². The summed E-state index contributed by atoms with van der Waals surface area (Å²) in [5.41, 5.74) is 5.05. The third kappa shape index (κ3) is 5.32. The molecule has 1 fully saturated rings. The number of aryl methyl sites for hydroxylation is 2. The predicted octanol–water partition coefficient (Wildman–Crippen LogP) is 4.20. The highest BCUT2D eigenvalue weighted by molar-refractivity contribution is 7.80. The van der Waals surface area contributed by atoms with Crippen LogP contribution in [0.2, 0.25) is 0 Å². The molecule has 0 unspecified atom stereocenters. The quantitative estimate of drug-likeness (QED) is 0.569. The molecule has 0 aliphatic carbocycles. The highest BCUT2D eigenvalue weighted by Crippen LogP contribution is 2.19. The number of nitrogens with zero attached hydrogens (tertiary/aromatic N) is 1. The average molecular weight is 436 g/mol. The third-order valence-electron chi connectivity index (χ3n) is 5.92. The average Bonchev–Trinajstić information content (AvgIpc) is 3.27. The van der Waals surface area contributed by atoms with Crippen molar-refractivity contribution in [3.8, 4) is 0 Å². The normalized spacial score (nSPS) is 15.9. The largest absolute Gasteiger partial charge is 0.376 e. The fourth-order valence-corrected chi connectivity index (χ4v) is 4.20. The SMILES string of the molecule is Cc1cc2cc(CN(C[C@H]3CCCO3)C(=S)NCc3ccccc3)c(=O)[nH]c2cc1C. The molecular formula is C25H29N3O2S. The smallest absolute Gasteiger partial charge is 0.253 e. The van der Waals surface area contributed by atoms with Crippen molar-refractivity contribution in [1.29, 1.82) is 0 Å². The van der Waals surface area contributed by atoms with Gasteiger partial charge in [0.1, 0.15) is 0 Å². The number of aromatic amines is 1. The topological polar surface area (TPSA) is 57.4 Å². The fourth-order valence-electron chi connectivity index (χ4n) is 3.98. The van der Waals surface area contributed by atoms with Crippen LogP contribution in [0, 0.1) is 13.8 Å². The number of rotatable bonds is 6. The highest BCUT2D eigenvalue weighted by atomic mass is 32.1. The van der Waals surface area contributed by atoms with E-state index in [1.807, 2.05) is 30.3 Å². The number of hydrogen-bond donors (Lipinski definition) is 2. The molecule has 4 rings (SSSR count). The van der Waals surface area contributed by atoms with Crippen LogP contribution in [0.5, 0.6) is 0 Å². The van der Waals surface area contributed by atoms with Crippen LogP contribution in [0.4, 0.5) is 0 Å². The molecule has 31 heavy (non-hydrogen) atoms. The van der Waals surface area contributed by atoms with Crippen molar-refractivity contribution < 1.29 is 4.74 Å². The summed E-state index contributed by atoms with van der Waals surface area (Å²) in [5, 5.41) is 5.03. The molecule has 0 saturated carbocycles. The monoisotopic (exact) mass is 435 g/mol. The van der Waals surface area contributed by atoms with Crippen LogP contribution in [0.3, 0.4) is 0 Å². The molecule has 1 saturated heterocycles. The Morgan fingerprint density at radius 2 is 1.97 bits per heavy atom. The standard InChI is InChI=1S/C25H29N3O2S/c1-17-11-20-13-21(24(29)27-23(20)12-18(17)2)15-28(16-22-9-6-10-30-22)25(31)26-14-19-7-4-3-5-8-19/h3-5,7-8,11-13,22H,6,9-10,14-16H2,1-2H3,(H,26,31)(H,27,29)/t22-/m1/s1. The van der Waals surface area contributed by atoms with E-state index in [9.17, 15) is 4.79 Å². The molecule has 5 nitrogen and oxygen atoms in total. The lowest BCUT2D eigenvalue weighted by Crippen LogP contribution is -2.43. The molecule has 1 aliphatic rings. The predicted molar refractivity (Wildman–Crippen MR) is 129 cm³/mol. The second-order valence-corrected chi connectivity index (χ2v) is 8.69. The zero-order valence-corrected chi connectivity index (χ0v) is 18.9. The van der Waals surface area contributed by atoms with Gasteiger partial charge in [-0.05, 0) is 79.2 Å². The molecule has 6 heteroatoms. The second kappa shape index (κ2) is 9.62. The van der Waals surface area contributed by atoms with Crippen molar-refractivity contribution in [2.75, 3.05) is 13.2 Å². The van der Waals surface area contributed by atoms with Crippen molar-refractivity contribution in [3.05, 3.63) is 81.1 Å². The van der Waals surface area contributed by atoms with Gasteiger partial charge in [0, 0.05) is 30.8 Å². The summed E-state index contributed by atoms with van der Waals surface area (Å²) in [6.07, 6.45) is 2.23. The molecule has 2 aromatic carbocycles. The van der Waals surface area contributed by atoms with Crippen LogP contribution < -0.4 is 10.9 Å². The van der Waals surface area contributed by atoms with E-state index >= 15 is 0 Å².